The molecule has 0 fully saturated rings. The fourth-order valence-electron chi connectivity index (χ4n) is 4.83. The first-order chi connectivity index (χ1) is 15.4. The van der Waals surface area contributed by atoms with Crippen molar-refractivity contribution in [3.63, 3.8) is 0 Å². The molecule has 4 aromatic rings. The fraction of sp³-hybridized carbons (Fsp3) is 0.103. The molecule has 0 spiro atoms. The van der Waals surface area contributed by atoms with Gasteiger partial charge in [0.1, 0.15) is 0 Å². The molecule has 3 aromatic carbocycles. The molecule has 4 heteroatoms. The number of benzene rings is 3. The van der Waals surface area contributed by atoms with Crippen molar-refractivity contribution in [3.05, 3.63) is 129 Å². The van der Waals surface area contributed by atoms with E-state index in [0.29, 0.717) is 3.63 Å². The molecule has 0 N–H and O–H groups in total. The Labute approximate surface area is 204 Å². The second-order valence-corrected chi connectivity index (χ2v) is 11.9. The van der Waals surface area contributed by atoms with E-state index in [1.165, 1.54) is 33.3 Å². The van der Waals surface area contributed by atoms with Gasteiger partial charge in [0.25, 0.3) is 0 Å². The average Bonchev–Trinajstić information content (AvgIpc) is 3.52. The van der Waals surface area contributed by atoms with Crippen LogP contribution in [0.3, 0.4) is 0 Å². The smallest absolute Gasteiger partial charge is 1.00 e. The van der Waals surface area contributed by atoms with Crippen LogP contribution in [-0.2, 0) is 29.7 Å². The maximum absolute atomic E-state index is 2.45. The summed E-state index contributed by atoms with van der Waals surface area (Å²) in [5.74, 6) is 0. The van der Waals surface area contributed by atoms with Crippen molar-refractivity contribution >= 4 is 22.7 Å². The molecule has 2 aliphatic carbocycles. The van der Waals surface area contributed by atoms with Gasteiger partial charge in [0.2, 0.25) is 0 Å². The number of fused-ring (bicyclic) bond motifs is 2. The van der Waals surface area contributed by atoms with Crippen molar-refractivity contribution in [1.29, 1.82) is 0 Å². The number of halogens is 2. The molecule has 2 aliphatic rings. The van der Waals surface area contributed by atoms with Crippen LogP contribution >= 0.6 is 0 Å². The van der Waals surface area contributed by atoms with E-state index in [1.807, 2.05) is 0 Å². The predicted octanol–water partition coefficient (Wildman–Crippen LogP) is 1.24. The number of rotatable bonds is 5. The summed E-state index contributed by atoms with van der Waals surface area (Å²) in [6.45, 7) is 0. The van der Waals surface area contributed by atoms with Crippen LogP contribution in [-0.4, -0.2) is 4.57 Å². The summed E-state index contributed by atoms with van der Waals surface area (Å²) in [6.07, 6.45) is 11.7. The summed E-state index contributed by atoms with van der Waals surface area (Å²) >= 11 is -0.872. The maximum Gasteiger partial charge on any atom is -1.00 e. The number of para-hydroxylation sites is 1. The van der Waals surface area contributed by atoms with Crippen LogP contribution in [0.15, 0.2) is 112 Å². The van der Waals surface area contributed by atoms with Crippen molar-refractivity contribution in [1.82, 2.24) is 4.57 Å². The molecule has 1 unspecified atom stereocenters. The minimum absolute atomic E-state index is 0. The molecule has 162 valence electrons. The van der Waals surface area contributed by atoms with E-state index < -0.39 is 23.2 Å². The van der Waals surface area contributed by atoms with Crippen molar-refractivity contribution in [2.45, 2.75) is 16.5 Å². The van der Waals surface area contributed by atoms with Gasteiger partial charge in [-0.05, 0) is 0 Å². The van der Waals surface area contributed by atoms with Gasteiger partial charge < -0.3 is 9.41 Å². The predicted molar refractivity (Wildman–Crippen MR) is 126 cm³/mol. The quantitative estimate of drug-likeness (QED) is 0.378. The third-order valence-corrected chi connectivity index (χ3v) is 10.7. The SMILES string of the molecule is C1=CC(Cc2ccccc2)=[C]([Zr+2][CH]2C(n3ccc4ccccc43)=Cc3ccccc32)C1.[F-].[F-]. The molecule has 1 aromatic heterocycles. The van der Waals surface area contributed by atoms with Crippen LogP contribution in [0.4, 0.5) is 0 Å². The van der Waals surface area contributed by atoms with Crippen LogP contribution < -0.4 is 9.41 Å². The van der Waals surface area contributed by atoms with E-state index in [1.54, 1.807) is 8.85 Å². The molecular formula is C29H23F2NZr. The van der Waals surface area contributed by atoms with E-state index >= 15 is 0 Å². The van der Waals surface area contributed by atoms with Crippen molar-refractivity contribution in [2.75, 3.05) is 0 Å². The molecule has 1 heterocycles. The number of aromatic nitrogens is 1. The summed E-state index contributed by atoms with van der Waals surface area (Å²) in [4.78, 5) is 0. The second kappa shape index (κ2) is 9.97. The Kier molecular flexibility index (Phi) is 7.05. The summed E-state index contributed by atoms with van der Waals surface area (Å²) in [5, 5.41) is 1.31. The number of nitrogens with zero attached hydrogens (tertiary/aromatic N) is 1. The van der Waals surface area contributed by atoms with Crippen molar-refractivity contribution < 1.29 is 32.6 Å². The Hall–Kier alpha value is -2.84. The Morgan fingerprint density at radius 3 is 2.45 bits per heavy atom. The van der Waals surface area contributed by atoms with Gasteiger partial charge in [0.15, 0.2) is 0 Å². The number of allylic oxidation sites excluding steroid dienone is 5. The fourth-order valence-corrected chi connectivity index (χ4v) is 9.09. The Morgan fingerprint density at radius 2 is 1.58 bits per heavy atom. The molecule has 0 saturated heterocycles. The Bertz CT molecular complexity index is 1360. The van der Waals surface area contributed by atoms with Crippen LogP contribution in [0.25, 0.3) is 22.7 Å². The summed E-state index contributed by atoms with van der Waals surface area (Å²) in [5.41, 5.74) is 8.69. The van der Waals surface area contributed by atoms with Gasteiger partial charge in [0, 0.05) is 0 Å². The molecule has 0 aliphatic heterocycles. The van der Waals surface area contributed by atoms with Gasteiger partial charge in [-0.1, -0.05) is 0 Å². The molecule has 0 saturated carbocycles. The summed E-state index contributed by atoms with van der Waals surface area (Å²) in [7, 11) is 0. The standard InChI is InChI=1S/C17H12N.C12H11.2FH.Zr/c1-2-7-15-12-16(11-14(15)6-1)18-10-9-13-5-3-4-8-17(13)18;1-2-6-11(7-3-1)10-12-8-4-5-9-12;;;/h1-12H;1-4,6-8H,5,10H2;2*1H;/q;;;;+2/p-2. The van der Waals surface area contributed by atoms with Crippen LogP contribution in [0.5, 0.6) is 0 Å². The van der Waals surface area contributed by atoms with Crippen LogP contribution in [0, 0.1) is 0 Å². The van der Waals surface area contributed by atoms with Crippen LogP contribution in [0.1, 0.15) is 26.7 Å². The van der Waals surface area contributed by atoms with E-state index in [-0.39, 0.29) is 9.41 Å². The molecule has 6 rings (SSSR count). The molecule has 0 bridgehead atoms. The minimum atomic E-state index is -0.872. The van der Waals surface area contributed by atoms with Gasteiger partial charge >= 0.3 is 196 Å². The topological polar surface area (TPSA) is 4.93 Å². The average molecular weight is 515 g/mol. The first kappa shape index (κ1) is 23.3. The molecule has 0 radical (unpaired) electrons. The van der Waals surface area contributed by atoms with Crippen molar-refractivity contribution in [3.8, 4) is 0 Å². The maximum atomic E-state index is 2.45. The van der Waals surface area contributed by atoms with E-state index in [9.17, 15) is 0 Å². The van der Waals surface area contributed by atoms with Gasteiger partial charge in [-0.2, -0.15) is 0 Å². The summed E-state index contributed by atoms with van der Waals surface area (Å²) in [6, 6.07) is 30.9. The minimum Gasteiger partial charge on any atom is -1.00 e. The Morgan fingerprint density at radius 1 is 0.818 bits per heavy atom. The third-order valence-electron chi connectivity index (χ3n) is 6.37. The van der Waals surface area contributed by atoms with E-state index in [4.69, 9.17) is 0 Å². The van der Waals surface area contributed by atoms with Crippen molar-refractivity contribution in [2.24, 2.45) is 0 Å². The molecule has 1 atom stereocenters. The number of hydrogen-bond acceptors (Lipinski definition) is 0. The first-order valence-corrected chi connectivity index (χ1v) is 13.6. The Balaban J connectivity index is 0.00000130. The summed E-state index contributed by atoms with van der Waals surface area (Å²) < 4.78 is 4.74. The molecule has 33 heavy (non-hydrogen) atoms. The molecule has 0 amide bonds. The monoisotopic (exact) mass is 513 g/mol. The van der Waals surface area contributed by atoms with Gasteiger partial charge in [-0.3, -0.25) is 0 Å². The third kappa shape index (κ3) is 4.37. The first-order valence-electron chi connectivity index (χ1n) is 10.9. The van der Waals surface area contributed by atoms with Gasteiger partial charge in [-0.15, -0.1) is 0 Å². The largest absolute Gasteiger partial charge is 1.00 e. The van der Waals surface area contributed by atoms with Crippen LogP contribution in [0.2, 0.25) is 0 Å². The molecule has 1 nitrogen and oxygen atoms in total. The second-order valence-electron chi connectivity index (χ2n) is 8.29. The zero-order chi connectivity index (χ0) is 20.6. The molecular weight excluding hydrogens is 492 g/mol. The van der Waals surface area contributed by atoms with Gasteiger partial charge in [-0.25, -0.2) is 0 Å². The zero-order valence-electron chi connectivity index (χ0n) is 18.1. The zero-order valence-corrected chi connectivity index (χ0v) is 20.5. The normalized spacial score (nSPS) is 16.1. The van der Waals surface area contributed by atoms with E-state index in [0.717, 1.165) is 12.8 Å². The van der Waals surface area contributed by atoms with Gasteiger partial charge in [0.05, 0.1) is 0 Å². The number of hydrogen-bond donors (Lipinski definition) is 0. The van der Waals surface area contributed by atoms with E-state index in [2.05, 4.69) is 114 Å².